The van der Waals surface area contributed by atoms with Gasteiger partial charge in [-0.15, -0.1) is 0 Å². The molecule has 1 unspecified atom stereocenters. The smallest absolute Gasteiger partial charge is 0.409 e. The van der Waals surface area contributed by atoms with Gasteiger partial charge in [0, 0.05) is 11.3 Å². The molecule has 0 bridgehead atoms. The molecule has 9 N–H and O–H groups in total. The highest BCUT2D eigenvalue weighted by atomic mass is 16.4. The van der Waals surface area contributed by atoms with E-state index in [1.165, 1.54) is 5.56 Å². The Morgan fingerprint density at radius 3 is 2.50 bits per heavy atom. The maximum absolute atomic E-state index is 6.40. The molecule has 0 fully saturated rings. The predicted octanol–water partition coefficient (Wildman–Crippen LogP) is 1.28. The number of fused-ring (bicyclic) bond motifs is 2. The standard InChI is InChI=1S/C23H28BN7O/c1-13(2)18-5-3-4-15-9-20-24(32-21(15)18)10-19(31-20)14-6-7-16(11-29-22(25)26)17(8-14)12-30-23(27)28/h3-8,10,20,31H,1,9,11-12H2,2H3,(H4,25,26,29)(H4,27,28,30). The number of hydrogen-bond acceptors (Lipinski definition) is 4. The fourth-order valence-electron chi connectivity index (χ4n) is 4.11. The third-order valence-electron chi connectivity index (χ3n) is 5.70. The minimum Gasteiger partial charge on any atom is -0.554 e. The van der Waals surface area contributed by atoms with Crippen LogP contribution in [0.4, 0.5) is 0 Å². The number of para-hydroxylation sites is 1. The van der Waals surface area contributed by atoms with E-state index in [0.717, 1.165) is 45.7 Å². The van der Waals surface area contributed by atoms with Crippen molar-refractivity contribution >= 4 is 30.1 Å². The number of benzene rings is 2. The summed E-state index contributed by atoms with van der Waals surface area (Å²) in [4.78, 5) is 8.28. The number of nitrogens with zero attached hydrogens (tertiary/aromatic N) is 2. The molecule has 0 spiro atoms. The summed E-state index contributed by atoms with van der Waals surface area (Å²) in [7, 11) is 0. The Morgan fingerprint density at radius 1 is 1.09 bits per heavy atom. The molecule has 164 valence electrons. The molecule has 4 rings (SSSR count). The van der Waals surface area contributed by atoms with Crippen LogP contribution in [0.2, 0.25) is 0 Å². The second-order valence-electron chi connectivity index (χ2n) is 8.16. The van der Waals surface area contributed by atoms with Crippen LogP contribution in [-0.4, -0.2) is 24.8 Å². The number of rotatable bonds is 6. The van der Waals surface area contributed by atoms with Crippen molar-refractivity contribution in [3.05, 3.63) is 76.8 Å². The van der Waals surface area contributed by atoms with E-state index in [1.807, 2.05) is 19.1 Å². The molecule has 0 amide bonds. The average Bonchev–Trinajstić information content (AvgIpc) is 3.17. The third kappa shape index (κ3) is 4.41. The lowest BCUT2D eigenvalue weighted by atomic mass is 9.58. The maximum Gasteiger partial charge on any atom is 0.409 e. The van der Waals surface area contributed by atoms with Crippen molar-refractivity contribution in [3.8, 4) is 5.75 Å². The van der Waals surface area contributed by atoms with Crippen molar-refractivity contribution in [1.82, 2.24) is 5.32 Å². The summed E-state index contributed by atoms with van der Waals surface area (Å²) in [5.41, 5.74) is 29.3. The minimum atomic E-state index is -0.0551. The van der Waals surface area contributed by atoms with Crippen molar-refractivity contribution in [2.24, 2.45) is 32.9 Å². The molecule has 1 atom stereocenters. The summed E-state index contributed by atoms with van der Waals surface area (Å²) >= 11 is 0. The maximum atomic E-state index is 6.40. The molecular formula is C23H28BN7O. The Hall–Kier alpha value is -3.88. The number of allylic oxidation sites excluding steroid dienone is 1. The first kappa shape index (κ1) is 21.4. The first-order valence-corrected chi connectivity index (χ1v) is 10.5. The quantitative estimate of drug-likeness (QED) is 0.265. The molecule has 0 saturated carbocycles. The Balaban J connectivity index is 1.62. The molecule has 0 saturated heterocycles. The fraction of sp³-hybridized carbons (Fsp3) is 0.217. The molecule has 0 radical (unpaired) electrons. The van der Waals surface area contributed by atoms with Gasteiger partial charge in [-0.3, -0.25) is 0 Å². The zero-order valence-corrected chi connectivity index (χ0v) is 18.1. The summed E-state index contributed by atoms with van der Waals surface area (Å²) < 4.78 is 6.40. The lowest BCUT2D eigenvalue weighted by Crippen LogP contribution is -2.44. The second kappa shape index (κ2) is 8.70. The summed E-state index contributed by atoms with van der Waals surface area (Å²) in [6.07, 6.45) is 0.880. The average molecular weight is 429 g/mol. The van der Waals surface area contributed by atoms with E-state index in [1.54, 1.807) is 0 Å². The molecule has 32 heavy (non-hydrogen) atoms. The van der Waals surface area contributed by atoms with Crippen LogP contribution in [0.3, 0.4) is 0 Å². The molecule has 2 aliphatic heterocycles. The number of aliphatic imine (C=N–C) groups is 2. The van der Waals surface area contributed by atoms with Crippen molar-refractivity contribution in [3.63, 3.8) is 0 Å². The topological polar surface area (TPSA) is 150 Å². The highest BCUT2D eigenvalue weighted by Gasteiger charge is 2.39. The molecule has 2 aromatic rings. The molecule has 8 nitrogen and oxygen atoms in total. The van der Waals surface area contributed by atoms with Crippen LogP contribution >= 0.6 is 0 Å². The fourth-order valence-corrected chi connectivity index (χ4v) is 4.11. The van der Waals surface area contributed by atoms with Crippen molar-refractivity contribution in [2.75, 3.05) is 0 Å². The van der Waals surface area contributed by atoms with E-state index in [-0.39, 0.29) is 24.8 Å². The zero-order chi connectivity index (χ0) is 22.8. The van der Waals surface area contributed by atoms with Gasteiger partial charge in [-0.2, -0.15) is 0 Å². The molecule has 2 aliphatic rings. The molecule has 2 heterocycles. The Bertz CT molecular complexity index is 1150. The van der Waals surface area contributed by atoms with Gasteiger partial charge in [0.2, 0.25) is 0 Å². The van der Waals surface area contributed by atoms with Crippen LogP contribution in [0.1, 0.15) is 34.7 Å². The first-order valence-electron chi connectivity index (χ1n) is 10.5. The summed E-state index contributed by atoms with van der Waals surface area (Å²) in [6.45, 7) is 6.74. The normalized spacial score (nSPS) is 16.1. The lowest BCUT2D eigenvalue weighted by Gasteiger charge is -2.28. The second-order valence-corrected chi connectivity index (χ2v) is 8.16. The number of guanidine groups is 2. The van der Waals surface area contributed by atoms with Crippen molar-refractivity contribution in [2.45, 2.75) is 32.4 Å². The lowest BCUT2D eigenvalue weighted by molar-refractivity contribution is 0.513. The highest BCUT2D eigenvalue weighted by Crippen LogP contribution is 2.36. The van der Waals surface area contributed by atoms with Gasteiger partial charge < -0.3 is 32.9 Å². The minimum absolute atomic E-state index is 0.0342. The van der Waals surface area contributed by atoms with Crippen LogP contribution in [0.25, 0.3) is 11.3 Å². The van der Waals surface area contributed by atoms with Gasteiger partial charge in [0.05, 0.1) is 19.0 Å². The van der Waals surface area contributed by atoms with Gasteiger partial charge in [0.25, 0.3) is 0 Å². The molecule has 9 heteroatoms. The van der Waals surface area contributed by atoms with E-state index in [9.17, 15) is 0 Å². The van der Waals surface area contributed by atoms with Crippen molar-refractivity contribution < 1.29 is 4.65 Å². The zero-order valence-electron chi connectivity index (χ0n) is 18.1. The molecular weight excluding hydrogens is 401 g/mol. The summed E-state index contributed by atoms with van der Waals surface area (Å²) in [5, 5.41) is 3.62. The van der Waals surface area contributed by atoms with Gasteiger partial charge in [0.1, 0.15) is 5.75 Å². The van der Waals surface area contributed by atoms with Crippen LogP contribution in [-0.2, 0) is 19.5 Å². The van der Waals surface area contributed by atoms with Gasteiger partial charge in [-0.25, -0.2) is 9.98 Å². The summed E-state index contributed by atoms with van der Waals surface area (Å²) in [6, 6.07) is 12.3. The van der Waals surface area contributed by atoms with Crippen LogP contribution in [0.15, 0.2) is 58.9 Å². The van der Waals surface area contributed by atoms with Gasteiger partial charge in [-0.05, 0) is 53.2 Å². The Kier molecular flexibility index (Phi) is 5.81. The van der Waals surface area contributed by atoms with Gasteiger partial charge in [-0.1, -0.05) is 36.9 Å². The largest absolute Gasteiger partial charge is 0.554 e. The van der Waals surface area contributed by atoms with E-state index < -0.39 is 0 Å². The van der Waals surface area contributed by atoms with E-state index >= 15 is 0 Å². The Morgan fingerprint density at radius 2 is 1.81 bits per heavy atom. The SMILES string of the molecule is C=C(C)c1cccc2c1OB1C=C(c3ccc(CN=C(N)N)c(CN=C(N)N)c3)NC1C2. The monoisotopic (exact) mass is 429 g/mol. The van der Waals surface area contributed by atoms with Gasteiger partial charge >= 0.3 is 6.92 Å². The van der Waals surface area contributed by atoms with E-state index in [4.69, 9.17) is 27.6 Å². The van der Waals surface area contributed by atoms with Crippen LogP contribution < -0.4 is 32.9 Å². The van der Waals surface area contributed by atoms with Crippen molar-refractivity contribution in [1.29, 1.82) is 0 Å². The number of nitrogens with one attached hydrogen (secondary N) is 1. The Labute approximate surface area is 188 Å². The van der Waals surface area contributed by atoms with Crippen LogP contribution in [0, 0.1) is 0 Å². The highest BCUT2D eigenvalue weighted by molar-refractivity contribution is 6.63. The number of hydrogen-bond donors (Lipinski definition) is 5. The van der Waals surface area contributed by atoms with E-state index in [0.29, 0.717) is 13.1 Å². The van der Waals surface area contributed by atoms with Crippen LogP contribution in [0.5, 0.6) is 5.75 Å². The molecule has 0 aliphatic carbocycles. The molecule has 2 aromatic carbocycles. The summed E-state index contributed by atoms with van der Waals surface area (Å²) in [5.74, 6) is 3.31. The molecule has 0 aromatic heterocycles. The third-order valence-corrected chi connectivity index (χ3v) is 5.70. The van der Waals surface area contributed by atoms with Gasteiger partial charge in [0.15, 0.2) is 11.9 Å². The number of nitrogens with two attached hydrogens (primary N) is 4. The predicted molar refractivity (Wildman–Crippen MR) is 132 cm³/mol. The first-order chi connectivity index (χ1) is 15.3. The van der Waals surface area contributed by atoms with E-state index in [2.05, 4.69) is 52.1 Å².